The number of hydrogen-bond acceptors (Lipinski definition) is 2. The zero-order valence-electron chi connectivity index (χ0n) is 15.8. The highest BCUT2D eigenvalue weighted by Crippen LogP contribution is 2.44. The van der Waals surface area contributed by atoms with Crippen molar-refractivity contribution >= 4 is 5.76 Å². The highest BCUT2D eigenvalue weighted by molar-refractivity contribution is 5.73. The predicted octanol–water partition coefficient (Wildman–Crippen LogP) is 5.40. The summed E-state index contributed by atoms with van der Waals surface area (Å²) < 4.78 is 20.0. The van der Waals surface area contributed by atoms with Crippen LogP contribution in [0.1, 0.15) is 51.7 Å². The van der Waals surface area contributed by atoms with E-state index < -0.39 is 0 Å². The Balaban J connectivity index is 0.00000109. The molecule has 1 aromatic rings. The van der Waals surface area contributed by atoms with Gasteiger partial charge in [0.1, 0.15) is 17.7 Å². The van der Waals surface area contributed by atoms with Crippen molar-refractivity contribution < 1.29 is 9.13 Å². The van der Waals surface area contributed by atoms with Gasteiger partial charge in [0.05, 0.1) is 0 Å². The van der Waals surface area contributed by atoms with Crippen LogP contribution in [0.25, 0.3) is 5.76 Å². The van der Waals surface area contributed by atoms with E-state index in [0.717, 1.165) is 36.1 Å². The molecule has 0 fully saturated rings. The molecule has 3 rings (SSSR count). The van der Waals surface area contributed by atoms with Gasteiger partial charge in [0.2, 0.25) is 0 Å². The molecule has 1 aliphatic heterocycles. The van der Waals surface area contributed by atoms with E-state index >= 15 is 0 Å². The molecule has 0 amide bonds. The molecule has 1 aromatic carbocycles. The van der Waals surface area contributed by atoms with Crippen LogP contribution in [0.15, 0.2) is 47.6 Å². The number of halogens is 1. The lowest BCUT2D eigenvalue weighted by Gasteiger charge is -2.17. The van der Waals surface area contributed by atoms with Gasteiger partial charge < -0.3 is 10.5 Å². The van der Waals surface area contributed by atoms with Gasteiger partial charge in [-0.3, -0.25) is 0 Å². The Morgan fingerprint density at radius 3 is 2.72 bits per heavy atom. The average molecular weight is 343 g/mol. The van der Waals surface area contributed by atoms with Gasteiger partial charge in [0.15, 0.2) is 0 Å². The highest BCUT2D eigenvalue weighted by Gasteiger charge is 2.33. The zero-order valence-corrected chi connectivity index (χ0v) is 15.8. The molecule has 3 heteroatoms. The van der Waals surface area contributed by atoms with Crippen molar-refractivity contribution in [2.45, 2.75) is 53.1 Å². The molecule has 136 valence electrons. The van der Waals surface area contributed by atoms with Gasteiger partial charge in [-0.1, -0.05) is 45.1 Å². The highest BCUT2D eigenvalue weighted by atomic mass is 19.1. The maximum absolute atomic E-state index is 13.8. The quantitative estimate of drug-likeness (QED) is 0.798. The third kappa shape index (κ3) is 4.21. The largest absolute Gasteiger partial charge is 0.489 e. The second-order valence-corrected chi connectivity index (χ2v) is 6.38. The van der Waals surface area contributed by atoms with Crippen molar-refractivity contribution in [3.05, 3.63) is 64.5 Å². The number of benzene rings is 1. The summed E-state index contributed by atoms with van der Waals surface area (Å²) in [5.74, 6) is 1.02. The first kappa shape index (κ1) is 19.5. The summed E-state index contributed by atoms with van der Waals surface area (Å²) in [6.07, 6.45) is 8.96. The Bertz CT molecular complexity index is 687. The number of hydrogen-bond donors (Lipinski definition) is 1. The van der Waals surface area contributed by atoms with Crippen LogP contribution >= 0.6 is 0 Å². The van der Waals surface area contributed by atoms with Crippen molar-refractivity contribution in [3.8, 4) is 0 Å². The predicted molar refractivity (Wildman–Crippen MR) is 104 cm³/mol. The second-order valence-electron chi connectivity index (χ2n) is 6.38. The maximum Gasteiger partial charge on any atom is 0.130 e. The van der Waals surface area contributed by atoms with E-state index in [1.807, 2.05) is 32.9 Å². The van der Waals surface area contributed by atoms with Crippen molar-refractivity contribution in [3.63, 3.8) is 0 Å². The maximum atomic E-state index is 13.8. The second kappa shape index (κ2) is 9.00. The van der Waals surface area contributed by atoms with Gasteiger partial charge in [0.25, 0.3) is 0 Å². The van der Waals surface area contributed by atoms with E-state index in [2.05, 4.69) is 19.1 Å². The average Bonchev–Trinajstić information content (AvgIpc) is 2.98. The molecular weight excluding hydrogens is 313 g/mol. The van der Waals surface area contributed by atoms with E-state index in [1.54, 1.807) is 12.1 Å². The fourth-order valence-corrected chi connectivity index (χ4v) is 3.56. The third-order valence-corrected chi connectivity index (χ3v) is 4.67. The van der Waals surface area contributed by atoms with E-state index in [1.165, 1.54) is 11.1 Å². The zero-order chi connectivity index (χ0) is 18.4. The summed E-state index contributed by atoms with van der Waals surface area (Å²) >= 11 is 0. The van der Waals surface area contributed by atoms with Gasteiger partial charge >= 0.3 is 0 Å². The molecule has 0 spiro atoms. The lowest BCUT2D eigenvalue weighted by Crippen LogP contribution is -2.14. The van der Waals surface area contributed by atoms with Gasteiger partial charge in [0, 0.05) is 17.6 Å². The van der Waals surface area contributed by atoms with Crippen LogP contribution in [0.2, 0.25) is 0 Å². The van der Waals surface area contributed by atoms with Gasteiger partial charge in [-0.25, -0.2) is 4.39 Å². The van der Waals surface area contributed by atoms with Crippen LogP contribution in [0, 0.1) is 11.7 Å². The molecule has 0 radical (unpaired) electrons. The molecule has 2 nitrogen and oxygen atoms in total. The summed E-state index contributed by atoms with van der Waals surface area (Å²) in [5.41, 5.74) is 10.3. The van der Waals surface area contributed by atoms with E-state index in [4.69, 9.17) is 10.5 Å². The van der Waals surface area contributed by atoms with Crippen LogP contribution in [0.4, 0.5) is 4.39 Å². The summed E-state index contributed by atoms with van der Waals surface area (Å²) in [4.78, 5) is 0. The minimum absolute atomic E-state index is 0.0976. The Morgan fingerprint density at radius 2 is 2.04 bits per heavy atom. The molecule has 0 saturated carbocycles. The molecule has 2 N–H and O–H groups in total. The van der Waals surface area contributed by atoms with E-state index in [9.17, 15) is 4.39 Å². The van der Waals surface area contributed by atoms with Crippen LogP contribution in [0.3, 0.4) is 0 Å². The van der Waals surface area contributed by atoms with Gasteiger partial charge in [-0.15, -0.1) is 0 Å². The fourth-order valence-electron chi connectivity index (χ4n) is 3.56. The molecule has 25 heavy (non-hydrogen) atoms. The molecular formula is C22H30FNO. The normalized spacial score (nSPS) is 23.7. The number of ether oxygens (including phenoxy) is 1. The lowest BCUT2D eigenvalue weighted by molar-refractivity contribution is 0.182. The molecule has 0 saturated heterocycles. The third-order valence-electron chi connectivity index (χ3n) is 4.67. The van der Waals surface area contributed by atoms with Gasteiger partial charge in [-0.2, -0.15) is 0 Å². The number of rotatable bonds is 3. The van der Waals surface area contributed by atoms with Crippen LogP contribution in [-0.2, 0) is 11.2 Å². The first-order valence-corrected chi connectivity index (χ1v) is 9.36. The Morgan fingerprint density at radius 1 is 1.28 bits per heavy atom. The Labute approximate surface area is 151 Å². The molecule has 0 aromatic heterocycles. The van der Waals surface area contributed by atoms with E-state index in [0.29, 0.717) is 12.5 Å². The monoisotopic (exact) mass is 343 g/mol. The van der Waals surface area contributed by atoms with E-state index in [-0.39, 0.29) is 11.9 Å². The fraction of sp³-hybridized carbons (Fsp3) is 0.455. The molecule has 0 bridgehead atoms. The van der Waals surface area contributed by atoms with Crippen molar-refractivity contribution in [2.75, 3.05) is 6.54 Å². The summed E-state index contributed by atoms with van der Waals surface area (Å²) in [5, 5.41) is 0. The summed E-state index contributed by atoms with van der Waals surface area (Å²) in [6.45, 7) is 8.85. The van der Waals surface area contributed by atoms with Crippen LogP contribution in [0.5, 0.6) is 0 Å². The summed E-state index contributed by atoms with van der Waals surface area (Å²) in [7, 11) is 0. The topological polar surface area (TPSA) is 35.2 Å². The number of allylic oxidation sites excluding steroid dienone is 4. The van der Waals surface area contributed by atoms with Crippen LogP contribution < -0.4 is 5.73 Å². The molecule has 2 unspecified atom stereocenters. The lowest BCUT2D eigenvalue weighted by atomic mass is 9.88. The van der Waals surface area contributed by atoms with Gasteiger partial charge in [-0.05, 0) is 55.5 Å². The number of fused-ring (bicyclic) bond motifs is 2. The minimum Gasteiger partial charge on any atom is -0.489 e. The summed E-state index contributed by atoms with van der Waals surface area (Å²) in [6, 6.07) is 5.05. The minimum atomic E-state index is -0.213. The molecule has 2 aliphatic rings. The standard InChI is InChI=1S/C20H24FNO.C2H6/c1-3-4-5-17-13(2)10-14-6-7-15(21)11-18(14)20-19(17)12-16(23-20)8-9-22;1-2/h3-7,11,13,16H,8-10,12,22H2,1-2H3;1-2H3/b4-3-,17-5+;. The molecule has 1 aliphatic carbocycles. The van der Waals surface area contributed by atoms with Crippen molar-refractivity contribution in [1.82, 2.24) is 0 Å². The SMILES string of the molecule is C/C=C\C=C1\C2=C(OC(CCN)C2)c2cc(F)ccc2CC1C.CC. The smallest absolute Gasteiger partial charge is 0.130 e. The first-order valence-electron chi connectivity index (χ1n) is 9.36. The van der Waals surface area contributed by atoms with Crippen LogP contribution in [-0.4, -0.2) is 12.6 Å². The Hall–Kier alpha value is -1.87. The Kier molecular flexibility index (Phi) is 7.01. The van der Waals surface area contributed by atoms with Crippen molar-refractivity contribution in [2.24, 2.45) is 11.7 Å². The molecule has 1 heterocycles. The first-order chi connectivity index (χ1) is 12.1. The molecule has 2 atom stereocenters. The number of nitrogens with two attached hydrogens (primary N) is 1. The van der Waals surface area contributed by atoms with Crippen molar-refractivity contribution in [1.29, 1.82) is 0 Å².